The van der Waals surface area contributed by atoms with Crippen LogP contribution in [0, 0.1) is 0 Å². The molecule has 0 radical (unpaired) electrons. The Labute approximate surface area is 127 Å². The van der Waals surface area contributed by atoms with E-state index in [0.717, 1.165) is 20.9 Å². The van der Waals surface area contributed by atoms with Crippen LogP contribution in [0.3, 0.4) is 0 Å². The molecule has 0 N–H and O–H groups in total. The van der Waals surface area contributed by atoms with Gasteiger partial charge in [0.25, 0.3) is 0 Å². The Balaban J connectivity index is 1.95. The molecule has 2 aromatic carbocycles. The Kier molecular flexibility index (Phi) is 3.71. The molecule has 0 aromatic heterocycles. The van der Waals surface area contributed by atoms with Gasteiger partial charge in [-0.2, -0.15) is 0 Å². The second kappa shape index (κ2) is 5.66. The predicted octanol–water partition coefficient (Wildman–Crippen LogP) is 4.03. The highest BCUT2D eigenvalue weighted by Gasteiger charge is 2.25. The summed E-state index contributed by atoms with van der Waals surface area (Å²) in [6, 6.07) is 13.3. The van der Waals surface area contributed by atoms with Crippen molar-refractivity contribution in [3.05, 3.63) is 58.5 Å². The van der Waals surface area contributed by atoms with Gasteiger partial charge in [0.2, 0.25) is 5.78 Å². The Morgan fingerprint density at radius 3 is 2.48 bits per heavy atom. The number of allylic oxidation sites excluding steroid dienone is 1. The molecule has 0 spiro atoms. The van der Waals surface area contributed by atoms with E-state index in [2.05, 4.69) is 0 Å². The van der Waals surface area contributed by atoms with Crippen molar-refractivity contribution in [1.82, 2.24) is 0 Å². The maximum atomic E-state index is 12.3. The highest BCUT2D eigenvalue weighted by atomic mass is 32.2. The van der Waals surface area contributed by atoms with Gasteiger partial charge in [-0.3, -0.25) is 4.79 Å². The molecule has 4 heteroatoms. The number of hydrogen-bond acceptors (Lipinski definition) is 4. The Hall–Kier alpha value is -2.20. The highest BCUT2D eigenvalue weighted by Crippen LogP contribution is 2.41. The van der Waals surface area contributed by atoms with E-state index in [1.807, 2.05) is 48.5 Å². The molecule has 0 fully saturated rings. The first kappa shape index (κ1) is 13.8. The monoisotopic (exact) mass is 298 g/mol. The summed E-state index contributed by atoms with van der Waals surface area (Å²) < 4.78 is 10.5. The molecule has 3 rings (SSSR count). The summed E-state index contributed by atoms with van der Waals surface area (Å²) in [4.78, 5) is 14.1. The van der Waals surface area contributed by atoms with Crippen molar-refractivity contribution < 1.29 is 14.3 Å². The van der Waals surface area contributed by atoms with Gasteiger partial charge in [-0.25, -0.2) is 0 Å². The zero-order chi connectivity index (χ0) is 14.8. The first-order valence-electron chi connectivity index (χ1n) is 6.48. The third-order valence-corrected chi connectivity index (χ3v) is 4.38. The summed E-state index contributed by atoms with van der Waals surface area (Å²) in [6.45, 7) is 0. The van der Waals surface area contributed by atoms with E-state index < -0.39 is 0 Å². The molecule has 3 nitrogen and oxygen atoms in total. The van der Waals surface area contributed by atoms with Crippen molar-refractivity contribution in [3.8, 4) is 11.5 Å². The smallest absolute Gasteiger partial charge is 0.200 e. The Morgan fingerprint density at radius 2 is 1.76 bits per heavy atom. The van der Waals surface area contributed by atoms with Crippen LogP contribution in [-0.4, -0.2) is 20.0 Å². The van der Waals surface area contributed by atoms with Crippen LogP contribution in [0.1, 0.15) is 15.9 Å². The number of carbonyl (C=O) groups excluding carboxylic acids is 1. The number of benzene rings is 2. The zero-order valence-electron chi connectivity index (χ0n) is 11.8. The topological polar surface area (TPSA) is 35.5 Å². The van der Waals surface area contributed by atoms with Crippen LogP contribution in [0.15, 0.2) is 52.3 Å². The van der Waals surface area contributed by atoms with Crippen molar-refractivity contribution in [3.63, 3.8) is 0 Å². The summed E-state index contributed by atoms with van der Waals surface area (Å²) >= 11 is 1.50. The van der Waals surface area contributed by atoms with Gasteiger partial charge in [-0.1, -0.05) is 30.0 Å². The fraction of sp³-hybridized carbons (Fsp3) is 0.118. The minimum absolute atomic E-state index is 0.0744. The minimum Gasteiger partial charge on any atom is -0.493 e. The Bertz CT molecular complexity index is 735. The third kappa shape index (κ3) is 2.54. The molecule has 106 valence electrons. The van der Waals surface area contributed by atoms with Crippen LogP contribution in [0.2, 0.25) is 0 Å². The molecule has 0 amide bonds. The van der Waals surface area contributed by atoms with E-state index >= 15 is 0 Å². The second-order valence-corrected chi connectivity index (χ2v) is 5.63. The van der Waals surface area contributed by atoms with Gasteiger partial charge < -0.3 is 9.47 Å². The molecular weight excluding hydrogens is 284 g/mol. The van der Waals surface area contributed by atoms with E-state index in [0.29, 0.717) is 11.5 Å². The van der Waals surface area contributed by atoms with Crippen LogP contribution in [0.4, 0.5) is 0 Å². The fourth-order valence-electron chi connectivity index (χ4n) is 2.23. The van der Waals surface area contributed by atoms with Gasteiger partial charge >= 0.3 is 0 Å². The molecule has 1 aliphatic heterocycles. The normalized spacial score (nSPS) is 15.1. The summed E-state index contributed by atoms with van der Waals surface area (Å²) in [5.74, 6) is 1.40. The van der Waals surface area contributed by atoms with E-state index in [9.17, 15) is 4.79 Å². The average molecular weight is 298 g/mol. The molecule has 0 atom stereocenters. The number of rotatable bonds is 3. The lowest BCUT2D eigenvalue weighted by molar-refractivity contribution is 0.104. The van der Waals surface area contributed by atoms with Gasteiger partial charge in [0.05, 0.1) is 19.1 Å². The quantitative estimate of drug-likeness (QED) is 0.801. The lowest BCUT2D eigenvalue weighted by atomic mass is 10.1. The number of hydrogen-bond donors (Lipinski definition) is 0. The summed E-state index contributed by atoms with van der Waals surface area (Å²) in [6.07, 6.45) is 1.88. The summed E-state index contributed by atoms with van der Waals surface area (Å²) in [7, 11) is 3.20. The molecule has 0 aliphatic carbocycles. The van der Waals surface area contributed by atoms with Gasteiger partial charge in [-0.15, -0.1) is 0 Å². The molecule has 2 aromatic rings. The molecule has 1 aliphatic rings. The number of carbonyl (C=O) groups is 1. The number of thioether (sulfide) groups is 1. The first-order chi connectivity index (χ1) is 10.2. The van der Waals surface area contributed by atoms with Crippen LogP contribution in [-0.2, 0) is 0 Å². The first-order valence-corrected chi connectivity index (χ1v) is 7.30. The molecule has 0 saturated heterocycles. The van der Waals surface area contributed by atoms with Crippen molar-refractivity contribution >= 4 is 23.6 Å². The fourth-order valence-corrected chi connectivity index (χ4v) is 3.28. The van der Waals surface area contributed by atoms with E-state index in [1.54, 1.807) is 14.2 Å². The molecule has 21 heavy (non-hydrogen) atoms. The number of ketones is 1. The molecule has 0 bridgehead atoms. The maximum absolute atomic E-state index is 12.3. The SMILES string of the molecule is COc1ccc(/C=C2/Sc3ccccc3C2=O)cc1OC. The Morgan fingerprint density at radius 1 is 1.00 bits per heavy atom. The lowest BCUT2D eigenvalue weighted by Gasteiger charge is -2.07. The van der Waals surface area contributed by atoms with Gasteiger partial charge in [0, 0.05) is 10.5 Å². The van der Waals surface area contributed by atoms with E-state index in [4.69, 9.17) is 9.47 Å². The number of Topliss-reactive ketones (excluding diaryl/α,β-unsaturated/α-hetero) is 1. The van der Waals surface area contributed by atoms with Crippen molar-refractivity contribution in [2.75, 3.05) is 14.2 Å². The van der Waals surface area contributed by atoms with Crippen LogP contribution < -0.4 is 9.47 Å². The lowest BCUT2D eigenvalue weighted by Crippen LogP contribution is -1.94. The maximum Gasteiger partial charge on any atom is 0.200 e. The summed E-state index contributed by atoms with van der Waals surface area (Å²) in [5, 5.41) is 0. The largest absolute Gasteiger partial charge is 0.493 e. The van der Waals surface area contributed by atoms with Gasteiger partial charge in [0.15, 0.2) is 11.5 Å². The molecule has 0 saturated carbocycles. The standard InChI is InChI=1S/C17H14O3S/c1-19-13-8-7-11(9-14(13)20-2)10-16-17(18)12-5-3-4-6-15(12)21-16/h3-10H,1-2H3/b16-10+. The zero-order valence-corrected chi connectivity index (χ0v) is 12.6. The van der Waals surface area contributed by atoms with Gasteiger partial charge in [-0.05, 0) is 35.9 Å². The van der Waals surface area contributed by atoms with Crippen LogP contribution >= 0.6 is 11.8 Å². The average Bonchev–Trinajstić information content (AvgIpc) is 2.84. The highest BCUT2D eigenvalue weighted by molar-refractivity contribution is 8.04. The van der Waals surface area contributed by atoms with Crippen LogP contribution in [0.25, 0.3) is 6.08 Å². The second-order valence-electron chi connectivity index (χ2n) is 4.55. The predicted molar refractivity (Wildman–Crippen MR) is 84.2 cm³/mol. The van der Waals surface area contributed by atoms with E-state index in [-0.39, 0.29) is 5.78 Å². The van der Waals surface area contributed by atoms with Gasteiger partial charge in [0.1, 0.15) is 0 Å². The third-order valence-electron chi connectivity index (χ3n) is 3.28. The number of fused-ring (bicyclic) bond motifs is 1. The van der Waals surface area contributed by atoms with Crippen molar-refractivity contribution in [2.24, 2.45) is 0 Å². The number of methoxy groups -OCH3 is 2. The van der Waals surface area contributed by atoms with Crippen molar-refractivity contribution in [1.29, 1.82) is 0 Å². The molecular formula is C17H14O3S. The van der Waals surface area contributed by atoms with Crippen LogP contribution in [0.5, 0.6) is 11.5 Å². The van der Waals surface area contributed by atoms with Crippen molar-refractivity contribution in [2.45, 2.75) is 4.90 Å². The molecule has 0 unspecified atom stereocenters. The molecule has 1 heterocycles. The summed E-state index contributed by atoms with van der Waals surface area (Å²) in [5.41, 5.74) is 1.69. The number of ether oxygens (including phenoxy) is 2. The van der Waals surface area contributed by atoms with E-state index in [1.165, 1.54) is 11.8 Å². The minimum atomic E-state index is 0.0744.